The average molecular weight is 271 g/mol. The fourth-order valence-electron chi connectivity index (χ4n) is 0.989. The topological polar surface area (TPSA) is 35.5 Å². The average Bonchev–Trinajstić information content (AvgIpc) is 2.42. The molecular weight excluding hydrogens is 247 g/mol. The van der Waals surface area contributed by atoms with Gasteiger partial charge in [0.15, 0.2) is 0 Å². The van der Waals surface area contributed by atoms with Crippen molar-refractivity contribution in [2.24, 2.45) is 0 Å². The molecule has 0 aromatic heterocycles. The third-order valence-electron chi connectivity index (χ3n) is 2.06. The summed E-state index contributed by atoms with van der Waals surface area (Å²) < 4.78 is 20.7. The standard InChI is InChI=1S/C8H18O3P.C6H6/c1-3-5-7-10-12(9)11-8-6-4-2;1-2-4-6-5-3-1/h3-8H2,1-2H3;1-6H/q+1;. The minimum absolute atomic E-state index is 0.540. The number of hydrogen-bond donors (Lipinski definition) is 0. The number of benzene rings is 1. The molecule has 0 amide bonds. The Morgan fingerprint density at radius 1 is 0.778 bits per heavy atom. The van der Waals surface area contributed by atoms with Crippen molar-refractivity contribution in [3.8, 4) is 0 Å². The van der Waals surface area contributed by atoms with Gasteiger partial charge in [-0.2, -0.15) is 0 Å². The molecule has 0 unspecified atom stereocenters. The van der Waals surface area contributed by atoms with Gasteiger partial charge in [-0.1, -0.05) is 63.1 Å². The van der Waals surface area contributed by atoms with Crippen LogP contribution >= 0.6 is 8.25 Å². The first-order valence-corrected chi connectivity index (χ1v) is 7.63. The molecule has 1 rings (SSSR count). The van der Waals surface area contributed by atoms with Gasteiger partial charge < -0.3 is 0 Å². The molecule has 0 radical (unpaired) electrons. The lowest BCUT2D eigenvalue weighted by Crippen LogP contribution is -1.90. The van der Waals surface area contributed by atoms with Crippen molar-refractivity contribution in [2.45, 2.75) is 39.5 Å². The molecule has 0 N–H and O–H groups in total. The fourth-order valence-corrected chi connectivity index (χ4v) is 1.62. The largest absolute Gasteiger partial charge is 0.697 e. The van der Waals surface area contributed by atoms with E-state index < -0.39 is 8.25 Å². The second kappa shape index (κ2) is 14.3. The highest BCUT2D eigenvalue weighted by Gasteiger charge is 2.18. The van der Waals surface area contributed by atoms with Gasteiger partial charge in [0.05, 0.1) is 0 Å². The van der Waals surface area contributed by atoms with Crippen molar-refractivity contribution >= 4 is 8.25 Å². The van der Waals surface area contributed by atoms with Crippen molar-refractivity contribution < 1.29 is 13.6 Å². The number of unbranched alkanes of at least 4 members (excludes halogenated alkanes) is 2. The maximum Gasteiger partial charge on any atom is 0.697 e. The van der Waals surface area contributed by atoms with Gasteiger partial charge in [0.1, 0.15) is 13.2 Å². The van der Waals surface area contributed by atoms with E-state index in [0.29, 0.717) is 13.2 Å². The Labute approximate surface area is 111 Å². The van der Waals surface area contributed by atoms with Gasteiger partial charge >= 0.3 is 8.25 Å². The zero-order valence-corrected chi connectivity index (χ0v) is 12.3. The van der Waals surface area contributed by atoms with Crippen LogP contribution in [0.1, 0.15) is 39.5 Å². The highest BCUT2D eigenvalue weighted by Crippen LogP contribution is 2.24. The lowest BCUT2D eigenvalue weighted by atomic mass is 10.4. The van der Waals surface area contributed by atoms with Crippen LogP contribution in [0.15, 0.2) is 36.4 Å². The Balaban J connectivity index is 0.000000397. The van der Waals surface area contributed by atoms with Crippen LogP contribution in [0.3, 0.4) is 0 Å². The Kier molecular flexibility index (Phi) is 13.7. The summed E-state index contributed by atoms with van der Waals surface area (Å²) in [5.74, 6) is 0. The Hall–Kier alpha value is -0.760. The van der Waals surface area contributed by atoms with Crippen LogP contribution in [0.4, 0.5) is 0 Å². The van der Waals surface area contributed by atoms with E-state index in [0.717, 1.165) is 25.7 Å². The van der Waals surface area contributed by atoms with Gasteiger partial charge in [0, 0.05) is 4.57 Å². The molecule has 0 bridgehead atoms. The van der Waals surface area contributed by atoms with Crippen molar-refractivity contribution in [3.63, 3.8) is 0 Å². The van der Waals surface area contributed by atoms with Crippen molar-refractivity contribution in [1.29, 1.82) is 0 Å². The third kappa shape index (κ3) is 13.3. The molecule has 0 saturated carbocycles. The molecule has 4 heteroatoms. The maximum absolute atomic E-state index is 10.9. The zero-order chi connectivity index (χ0) is 13.5. The minimum Gasteiger partial charge on any atom is -0.119 e. The van der Waals surface area contributed by atoms with Crippen molar-refractivity contribution in [3.05, 3.63) is 36.4 Å². The van der Waals surface area contributed by atoms with E-state index >= 15 is 0 Å². The summed E-state index contributed by atoms with van der Waals surface area (Å²) in [6, 6.07) is 12.0. The monoisotopic (exact) mass is 271 g/mol. The summed E-state index contributed by atoms with van der Waals surface area (Å²) in [4.78, 5) is 0. The molecular formula is C14H24O3P+. The smallest absolute Gasteiger partial charge is 0.119 e. The van der Waals surface area contributed by atoms with Gasteiger partial charge in [-0.05, 0) is 12.8 Å². The van der Waals surface area contributed by atoms with E-state index in [1.54, 1.807) is 0 Å². The molecule has 0 aliphatic rings. The van der Waals surface area contributed by atoms with Crippen LogP contribution in [-0.2, 0) is 13.6 Å². The van der Waals surface area contributed by atoms with E-state index in [1.807, 2.05) is 36.4 Å². The summed E-state index contributed by atoms with van der Waals surface area (Å²) in [5.41, 5.74) is 0. The van der Waals surface area contributed by atoms with Crippen LogP contribution in [0.25, 0.3) is 0 Å². The normalized spacial score (nSPS) is 9.44. The van der Waals surface area contributed by atoms with E-state index in [2.05, 4.69) is 13.8 Å². The highest BCUT2D eigenvalue weighted by molar-refractivity contribution is 7.33. The summed E-state index contributed by atoms with van der Waals surface area (Å²) in [6.45, 7) is 5.21. The highest BCUT2D eigenvalue weighted by atomic mass is 31.1. The molecule has 0 fully saturated rings. The quantitative estimate of drug-likeness (QED) is 0.495. The second-order valence-electron chi connectivity index (χ2n) is 3.75. The molecule has 0 aliphatic heterocycles. The SMILES string of the molecule is CCCCO[P+](=O)OCCCC.c1ccccc1. The molecule has 102 valence electrons. The summed E-state index contributed by atoms with van der Waals surface area (Å²) in [6.07, 6.45) is 3.99. The van der Waals surface area contributed by atoms with Gasteiger partial charge in [-0.15, -0.1) is 9.05 Å². The van der Waals surface area contributed by atoms with Gasteiger partial charge in [0.2, 0.25) is 0 Å². The van der Waals surface area contributed by atoms with E-state index in [-0.39, 0.29) is 0 Å². The van der Waals surface area contributed by atoms with Gasteiger partial charge in [-0.3, -0.25) is 0 Å². The van der Waals surface area contributed by atoms with Crippen LogP contribution in [-0.4, -0.2) is 13.2 Å². The van der Waals surface area contributed by atoms with E-state index in [9.17, 15) is 4.57 Å². The van der Waals surface area contributed by atoms with E-state index in [4.69, 9.17) is 9.05 Å². The predicted octanol–water partition coefficient (Wildman–Crippen LogP) is 4.96. The molecule has 0 heterocycles. The first kappa shape index (κ1) is 17.2. The molecule has 3 nitrogen and oxygen atoms in total. The van der Waals surface area contributed by atoms with Crippen LogP contribution in [0.5, 0.6) is 0 Å². The Morgan fingerprint density at radius 3 is 1.39 bits per heavy atom. The number of hydrogen-bond acceptors (Lipinski definition) is 3. The summed E-state index contributed by atoms with van der Waals surface area (Å²) in [5, 5.41) is 0. The molecule has 0 spiro atoms. The minimum atomic E-state index is -1.85. The molecule has 18 heavy (non-hydrogen) atoms. The van der Waals surface area contributed by atoms with Gasteiger partial charge in [-0.25, -0.2) is 0 Å². The lowest BCUT2D eigenvalue weighted by Gasteiger charge is -1.89. The van der Waals surface area contributed by atoms with E-state index in [1.165, 1.54) is 0 Å². The Morgan fingerprint density at radius 2 is 1.11 bits per heavy atom. The molecule has 0 saturated heterocycles. The van der Waals surface area contributed by atoms with Gasteiger partial charge in [0.25, 0.3) is 0 Å². The fraction of sp³-hybridized carbons (Fsp3) is 0.571. The van der Waals surface area contributed by atoms with Crippen LogP contribution in [0.2, 0.25) is 0 Å². The third-order valence-corrected chi connectivity index (χ3v) is 2.84. The lowest BCUT2D eigenvalue weighted by molar-refractivity contribution is 0.221. The van der Waals surface area contributed by atoms with Crippen molar-refractivity contribution in [2.75, 3.05) is 13.2 Å². The second-order valence-corrected chi connectivity index (χ2v) is 4.72. The van der Waals surface area contributed by atoms with Crippen LogP contribution < -0.4 is 0 Å². The number of rotatable bonds is 8. The van der Waals surface area contributed by atoms with Crippen molar-refractivity contribution in [1.82, 2.24) is 0 Å². The Bertz CT molecular complexity index is 239. The summed E-state index contributed by atoms with van der Waals surface area (Å²) in [7, 11) is -1.85. The first-order chi connectivity index (χ1) is 8.81. The molecule has 0 aliphatic carbocycles. The predicted molar refractivity (Wildman–Crippen MR) is 75.8 cm³/mol. The molecule has 1 aromatic rings. The molecule has 1 aromatic carbocycles. The maximum atomic E-state index is 10.9. The van der Waals surface area contributed by atoms with Crippen LogP contribution in [0, 0.1) is 0 Å². The first-order valence-electron chi connectivity index (χ1n) is 6.54. The zero-order valence-electron chi connectivity index (χ0n) is 11.4. The molecule has 0 atom stereocenters. The summed E-state index contributed by atoms with van der Waals surface area (Å²) >= 11 is 0.